The number of hydrogen-bond acceptors (Lipinski definition) is 4. The molecule has 2 heterocycles. The van der Waals surface area contributed by atoms with Crippen molar-refractivity contribution in [2.75, 3.05) is 13.1 Å². The van der Waals surface area contributed by atoms with Crippen LogP contribution in [0, 0.1) is 12.8 Å². The first-order valence-electron chi connectivity index (χ1n) is 10.0. The molecule has 1 aromatic heterocycles. The summed E-state index contributed by atoms with van der Waals surface area (Å²) in [5.41, 5.74) is 1.98. The molecule has 1 saturated heterocycles. The van der Waals surface area contributed by atoms with Crippen molar-refractivity contribution in [3.63, 3.8) is 0 Å². The first-order valence-corrected chi connectivity index (χ1v) is 10.0. The van der Waals surface area contributed by atoms with Gasteiger partial charge in [0.1, 0.15) is 5.82 Å². The van der Waals surface area contributed by atoms with Crippen molar-refractivity contribution in [2.24, 2.45) is 5.92 Å². The Morgan fingerprint density at radius 3 is 2.71 bits per heavy atom. The normalized spacial score (nSPS) is 20.4. The quantitative estimate of drug-likeness (QED) is 0.821. The molecule has 2 atom stereocenters. The van der Waals surface area contributed by atoms with Crippen molar-refractivity contribution in [1.29, 1.82) is 0 Å². The van der Waals surface area contributed by atoms with Gasteiger partial charge in [-0.05, 0) is 31.9 Å². The number of amides is 2. The first kappa shape index (κ1) is 20.3. The second-order valence-corrected chi connectivity index (χ2v) is 7.84. The summed E-state index contributed by atoms with van der Waals surface area (Å²) in [6, 6.07) is 7.63. The van der Waals surface area contributed by atoms with E-state index in [0.29, 0.717) is 38.9 Å². The van der Waals surface area contributed by atoms with Crippen molar-refractivity contribution in [2.45, 2.75) is 58.7 Å². The number of nitrogens with zero attached hydrogens (tertiary/aromatic N) is 3. The number of aliphatic hydroxyl groups excluding tert-OH is 1. The topological polar surface area (TPSA) is 87.5 Å². The zero-order chi connectivity index (χ0) is 20.3. The van der Waals surface area contributed by atoms with Gasteiger partial charge in [0.25, 0.3) is 0 Å². The molecule has 2 aromatic rings. The fourth-order valence-corrected chi connectivity index (χ4v) is 3.70. The molecule has 2 amide bonds. The molecule has 0 unspecified atom stereocenters. The van der Waals surface area contributed by atoms with Gasteiger partial charge in [0.05, 0.1) is 23.2 Å². The molecule has 7 nitrogen and oxygen atoms in total. The molecule has 0 spiro atoms. The summed E-state index contributed by atoms with van der Waals surface area (Å²) in [7, 11) is 0. The number of fused-ring (bicyclic) bond motifs is 1. The molecular formula is C21H30N4O3. The van der Waals surface area contributed by atoms with Crippen LogP contribution in [-0.4, -0.2) is 56.6 Å². The molecule has 2 N–H and O–H groups in total. The summed E-state index contributed by atoms with van der Waals surface area (Å²) >= 11 is 0. The Morgan fingerprint density at radius 1 is 1.25 bits per heavy atom. The van der Waals surface area contributed by atoms with Crippen LogP contribution in [0.15, 0.2) is 24.3 Å². The molecule has 28 heavy (non-hydrogen) atoms. The third-order valence-corrected chi connectivity index (χ3v) is 5.47. The number of aryl methyl sites for hydroxylation is 2. The fraction of sp³-hybridized carbons (Fsp3) is 0.571. The number of likely N-dealkylation sites (tertiary alicyclic amines) is 1. The lowest BCUT2D eigenvalue weighted by Gasteiger charge is -2.22. The number of aliphatic hydroxyl groups is 1. The average molecular weight is 386 g/mol. The second kappa shape index (κ2) is 8.73. The minimum atomic E-state index is -0.625. The number of benzene rings is 1. The molecule has 1 fully saturated rings. The van der Waals surface area contributed by atoms with E-state index in [4.69, 9.17) is 0 Å². The number of rotatable bonds is 5. The van der Waals surface area contributed by atoms with Gasteiger partial charge in [0.2, 0.25) is 11.8 Å². The number of carbonyl (C=O) groups is 2. The highest BCUT2D eigenvalue weighted by molar-refractivity contribution is 5.79. The van der Waals surface area contributed by atoms with Crippen molar-refractivity contribution >= 4 is 22.8 Å². The van der Waals surface area contributed by atoms with E-state index in [1.807, 2.05) is 45.0 Å². The smallest absolute Gasteiger partial charge is 0.224 e. The Kier molecular flexibility index (Phi) is 6.34. The van der Waals surface area contributed by atoms with Crippen LogP contribution in [-0.2, 0) is 16.1 Å². The van der Waals surface area contributed by atoms with Gasteiger partial charge in [-0.1, -0.05) is 26.0 Å². The van der Waals surface area contributed by atoms with Gasteiger partial charge in [-0.25, -0.2) is 4.98 Å². The zero-order valence-corrected chi connectivity index (χ0v) is 16.9. The predicted molar refractivity (Wildman–Crippen MR) is 108 cm³/mol. The van der Waals surface area contributed by atoms with Crippen LogP contribution in [0.3, 0.4) is 0 Å². The Balaban J connectivity index is 1.59. The van der Waals surface area contributed by atoms with Gasteiger partial charge in [0.15, 0.2) is 0 Å². The maximum atomic E-state index is 12.8. The molecular weight excluding hydrogens is 356 g/mol. The molecule has 0 bridgehead atoms. The third kappa shape index (κ3) is 4.52. The Morgan fingerprint density at radius 2 is 1.96 bits per heavy atom. The average Bonchev–Trinajstić information content (AvgIpc) is 2.87. The lowest BCUT2D eigenvalue weighted by Crippen LogP contribution is -2.44. The summed E-state index contributed by atoms with van der Waals surface area (Å²) < 4.78 is 2.07. The first-order chi connectivity index (χ1) is 13.4. The van der Waals surface area contributed by atoms with E-state index < -0.39 is 6.10 Å². The third-order valence-electron chi connectivity index (χ3n) is 5.47. The van der Waals surface area contributed by atoms with Crippen molar-refractivity contribution in [3.8, 4) is 0 Å². The summed E-state index contributed by atoms with van der Waals surface area (Å²) in [6.07, 6.45) is 0.806. The molecule has 1 aliphatic rings. The van der Waals surface area contributed by atoms with Crippen LogP contribution in [0.5, 0.6) is 0 Å². The van der Waals surface area contributed by atoms with E-state index in [1.165, 1.54) is 0 Å². The number of hydrogen-bond donors (Lipinski definition) is 2. The van der Waals surface area contributed by atoms with Crippen LogP contribution < -0.4 is 5.32 Å². The van der Waals surface area contributed by atoms with Gasteiger partial charge >= 0.3 is 0 Å². The Bertz CT molecular complexity index is 845. The lowest BCUT2D eigenvalue weighted by molar-refractivity contribution is -0.131. The van der Waals surface area contributed by atoms with E-state index in [-0.39, 0.29) is 23.8 Å². The number of nitrogens with one attached hydrogen (secondary N) is 1. The van der Waals surface area contributed by atoms with Gasteiger partial charge in [-0.3, -0.25) is 9.59 Å². The molecule has 1 aliphatic heterocycles. The molecule has 1 aromatic carbocycles. The summed E-state index contributed by atoms with van der Waals surface area (Å²) in [4.78, 5) is 31.1. The van der Waals surface area contributed by atoms with Crippen LogP contribution >= 0.6 is 0 Å². The Hall–Kier alpha value is -2.41. The van der Waals surface area contributed by atoms with Crippen LogP contribution in [0.4, 0.5) is 0 Å². The molecule has 0 radical (unpaired) electrons. The van der Waals surface area contributed by atoms with Crippen LogP contribution in [0.2, 0.25) is 0 Å². The monoisotopic (exact) mass is 386 g/mol. The van der Waals surface area contributed by atoms with E-state index in [1.54, 1.807) is 4.90 Å². The highest BCUT2D eigenvalue weighted by atomic mass is 16.3. The fourth-order valence-electron chi connectivity index (χ4n) is 3.70. The van der Waals surface area contributed by atoms with Crippen molar-refractivity contribution < 1.29 is 14.7 Å². The lowest BCUT2D eigenvalue weighted by atomic mass is 10.1. The largest absolute Gasteiger partial charge is 0.391 e. The van der Waals surface area contributed by atoms with Crippen LogP contribution in [0.1, 0.15) is 38.9 Å². The zero-order valence-electron chi connectivity index (χ0n) is 16.9. The van der Waals surface area contributed by atoms with E-state index in [0.717, 1.165) is 16.9 Å². The van der Waals surface area contributed by atoms with Gasteiger partial charge in [-0.2, -0.15) is 0 Å². The highest BCUT2D eigenvalue weighted by Crippen LogP contribution is 2.17. The summed E-state index contributed by atoms with van der Waals surface area (Å²) in [5.74, 6) is 0.782. The SMILES string of the molecule is Cc1nc2ccccc2n1CCC(=O)N1CC[C@H](NC(=O)C(C)C)[C@@H](O)CC1. The number of carbonyl (C=O) groups excluding carboxylic acids is 2. The van der Waals surface area contributed by atoms with Gasteiger partial charge < -0.3 is 19.9 Å². The minimum absolute atomic E-state index is 0.0636. The Labute approximate surface area is 165 Å². The molecule has 152 valence electrons. The second-order valence-electron chi connectivity index (χ2n) is 7.84. The molecule has 0 aliphatic carbocycles. The maximum absolute atomic E-state index is 12.8. The van der Waals surface area contributed by atoms with Gasteiger partial charge in [-0.15, -0.1) is 0 Å². The van der Waals surface area contributed by atoms with Crippen LogP contribution in [0.25, 0.3) is 11.0 Å². The number of para-hydroxylation sites is 2. The van der Waals surface area contributed by atoms with Crippen molar-refractivity contribution in [3.05, 3.63) is 30.1 Å². The number of aromatic nitrogens is 2. The van der Waals surface area contributed by atoms with Crippen molar-refractivity contribution in [1.82, 2.24) is 19.8 Å². The van der Waals surface area contributed by atoms with Gasteiger partial charge in [0, 0.05) is 32.0 Å². The predicted octanol–water partition coefficient (Wildman–Crippen LogP) is 1.86. The van der Waals surface area contributed by atoms with E-state index >= 15 is 0 Å². The van der Waals surface area contributed by atoms with E-state index in [9.17, 15) is 14.7 Å². The summed E-state index contributed by atoms with van der Waals surface area (Å²) in [5, 5.41) is 13.3. The molecule has 0 saturated carbocycles. The molecule has 3 rings (SSSR count). The van der Waals surface area contributed by atoms with E-state index in [2.05, 4.69) is 14.9 Å². The summed E-state index contributed by atoms with van der Waals surface area (Å²) in [6.45, 7) is 7.25. The minimum Gasteiger partial charge on any atom is -0.391 e. The highest BCUT2D eigenvalue weighted by Gasteiger charge is 2.28. The maximum Gasteiger partial charge on any atom is 0.224 e. The number of imidazole rings is 1. The standard InChI is InChI=1S/C21H30N4O3/c1-14(2)21(28)23-17-8-11-24(12-9-19(17)26)20(27)10-13-25-15(3)22-16-6-4-5-7-18(16)25/h4-7,14,17,19,26H,8-13H2,1-3H3,(H,23,28)/t17-,19-/m0/s1. The molecule has 7 heteroatoms.